The normalized spacial score (nSPS) is 43.7. The van der Waals surface area contributed by atoms with Crippen molar-refractivity contribution in [2.24, 2.45) is 50.2 Å². The predicted molar refractivity (Wildman–Crippen MR) is 200 cm³/mol. The van der Waals surface area contributed by atoms with E-state index in [2.05, 4.69) is 113 Å². The van der Waals surface area contributed by atoms with Crippen LogP contribution in [0, 0.1) is 50.2 Å². The van der Waals surface area contributed by atoms with Crippen molar-refractivity contribution in [3.8, 4) is 0 Å². The van der Waals surface area contributed by atoms with Gasteiger partial charge >= 0.3 is 5.97 Å². The minimum absolute atomic E-state index is 0.00887. The van der Waals surface area contributed by atoms with Gasteiger partial charge in [0, 0.05) is 0 Å². The van der Waals surface area contributed by atoms with E-state index in [1.54, 1.807) is 5.57 Å². The molecule has 0 aromatic heterocycles. The van der Waals surface area contributed by atoms with Gasteiger partial charge in [0.1, 0.15) is 0 Å². The first-order valence-electron chi connectivity index (χ1n) is 18.9. The molecule has 5 aliphatic carbocycles. The predicted octanol–water partition coefficient (Wildman–Crippen LogP) is 11.2. The molecule has 46 heavy (non-hydrogen) atoms. The van der Waals surface area contributed by atoms with Crippen LogP contribution in [0.5, 0.6) is 0 Å². The lowest BCUT2D eigenvalue weighted by Crippen LogP contribution is -2.69. The van der Waals surface area contributed by atoms with Gasteiger partial charge in [-0.05, 0) is 162 Å². The molecule has 4 saturated carbocycles. The Bertz CT molecular complexity index is 1240. The molecule has 0 aliphatic heterocycles. The molecule has 0 heterocycles. The molecule has 5 rings (SSSR count). The van der Waals surface area contributed by atoms with Crippen molar-refractivity contribution in [2.75, 3.05) is 0 Å². The lowest BCUT2D eigenvalue weighted by atomic mass is 9.33. The first-order valence-corrected chi connectivity index (χ1v) is 29.1. The number of carbonyl (C=O) groups excluding carboxylic acids is 1. The number of fused-ring (bicyclic) bond motifs is 7. The third kappa shape index (κ3) is 5.98. The van der Waals surface area contributed by atoms with Crippen LogP contribution < -0.4 is 0 Å². The average Bonchev–Trinajstić information content (AvgIpc) is 2.83. The minimum Gasteiger partial charge on any atom is -0.519 e. The summed E-state index contributed by atoms with van der Waals surface area (Å²) in [6, 6.07) is 0. The summed E-state index contributed by atoms with van der Waals surface area (Å²) in [5.41, 5.74) is 1.79. The molecule has 5 aliphatic rings. The second-order valence-corrected chi connectivity index (χ2v) is 35.1. The molecule has 4 nitrogen and oxygen atoms in total. The summed E-state index contributed by atoms with van der Waals surface area (Å²) in [6.45, 7) is 38.5. The van der Waals surface area contributed by atoms with E-state index < -0.39 is 30.4 Å². The van der Waals surface area contributed by atoms with Gasteiger partial charge in [-0.1, -0.05) is 60.1 Å². The smallest absolute Gasteiger partial charge is 0.301 e. The fourth-order valence-corrected chi connectivity index (χ4v) is 15.4. The molecule has 0 spiro atoms. The van der Waals surface area contributed by atoms with Crippen LogP contribution in [0.15, 0.2) is 11.6 Å². The van der Waals surface area contributed by atoms with E-state index >= 15 is 0 Å². The third-order valence-electron chi connectivity index (χ3n) is 14.4. The van der Waals surface area contributed by atoms with Crippen LogP contribution in [-0.2, 0) is 18.1 Å². The highest BCUT2D eigenvalue weighted by molar-refractivity contribution is 6.71. The van der Waals surface area contributed by atoms with E-state index in [0.717, 1.165) is 32.1 Å². The molecule has 7 heteroatoms. The van der Waals surface area contributed by atoms with E-state index in [1.165, 1.54) is 25.7 Å². The van der Waals surface area contributed by atoms with Crippen LogP contribution in [0.2, 0.25) is 58.9 Å². The molecule has 4 fully saturated rings. The summed E-state index contributed by atoms with van der Waals surface area (Å²) in [4.78, 5) is 14.8. The molecule has 0 saturated heterocycles. The van der Waals surface area contributed by atoms with Gasteiger partial charge in [-0.2, -0.15) is 0 Å². The largest absolute Gasteiger partial charge is 0.519 e. The number of carbonyl (C=O) groups is 1. The van der Waals surface area contributed by atoms with Crippen molar-refractivity contribution < 1.29 is 18.1 Å². The topological polar surface area (TPSA) is 44.8 Å². The van der Waals surface area contributed by atoms with Crippen LogP contribution >= 0.6 is 0 Å². The second-order valence-electron chi connectivity index (χ2n) is 21.8. The van der Waals surface area contributed by atoms with E-state index in [1.807, 2.05) is 0 Å². The molecule has 264 valence electrons. The second kappa shape index (κ2) is 11.1. The highest BCUT2D eigenvalue weighted by Crippen LogP contribution is 2.76. The van der Waals surface area contributed by atoms with Gasteiger partial charge in [0.15, 0.2) is 16.6 Å². The summed E-state index contributed by atoms with van der Waals surface area (Å²) >= 11 is 0. The van der Waals surface area contributed by atoms with E-state index in [9.17, 15) is 4.79 Å². The maximum Gasteiger partial charge on any atom is 0.301 e. The standard InChI is InChI=1S/C39H72O4Si3/c1-34(2)23-24-39(33(40)43-46(14,15)16)28(25-34)27-17-18-30-36(5)21-20-31(41-44(8,9)10)35(3,4)29(36)19-22-37(30,6)38(27,7)26-32(39)42-45(11,12)13/h17,28-32H,18-26H2,1-16H3. The summed E-state index contributed by atoms with van der Waals surface area (Å²) in [5, 5.41) is 0. The minimum atomic E-state index is -2.10. The van der Waals surface area contributed by atoms with Crippen LogP contribution in [0.25, 0.3) is 0 Å². The quantitative estimate of drug-likeness (QED) is 0.206. The number of hydrogen-bond donors (Lipinski definition) is 0. The summed E-state index contributed by atoms with van der Waals surface area (Å²) in [7, 11) is -5.72. The number of allylic oxidation sites excluding steroid dienone is 2. The van der Waals surface area contributed by atoms with Crippen molar-refractivity contribution in [1.29, 1.82) is 0 Å². The highest BCUT2D eigenvalue weighted by atomic mass is 28.4. The molecule has 9 atom stereocenters. The zero-order chi connectivity index (χ0) is 34.7. The Balaban J connectivity index is 1.63. The Morgan fingerprint density at radius 2 is 1.28 bits per heavy atom. The Hall–Kier alpha value is -0.219. The fraction of sp³-hybridized carbons (Fsp3) is 0.923. The Morgan fingerprint density at radius 1 is 0.696 bits per heavy atom. The van der Waals surface area contributed by atoms with Crippen LogP contribution in [0.3, 0.4) is 0 Å². The first kappa shape index (κ1) is 37.0. The lowest BCUT2D eigenvalue weighted by Gasteiger charge is -2.72. The molecule has 0 amide bonds. The van der Waals surface area contributed by atoms with Crippen molar-refractivity contribution >= 4 is 30.9 Å². The van der Waals surface area contributed by atoms with Gasteiger partial charge in [0.25, 0.3) is 0 Å². The van der Waals surface area contributed by atoms with E-state index in [4.69, 9.17) is 13.3 Å². The van der Waals surface area contributed by atoms with Gasteiger partial charge in [-0.15, -0.1) is 0 Å². The highest BCUT2D eigenvalue weighted by Gasteiger charge is 2.72. The van der Waals surface area contributed by atoms with Crippen molar-refractivity contribution in [1.82, 2.24) is 0 Å². The molecule has 0 aromatic carbocycles. The Kier molecular flexibility index (Phi) is 8.97. The molecule has 0 N–H and O–H groups in total. The zero-order valence-electron chi connectivity index (χ0n) is 33.0. The van der Waals surface area contributed by atoms with Gasteiger partial charge < -0.3 is 13.3 Å². The Labute approximate surface area is 287 Å². The van der Waals surface area contributed by atoms with E-state index in [0.29, 0.717) is 17.9 Å². The van der Waals surface area contributed by atoms with Crippen LogP contribution in [0.4, 0.5) is 0 Å². The van der Waals surface area contributed by atoms with Gasteiger partial charge in [-0.25, -0.2) is 0 Å². The average molecular weight is 689 g/mol. The monoisotopic (exact) mass is 688 g/mol. The SMILES string of the molecule is CC1(C)CCC2(C(=O)O[Si](C)(C)C)C(O[Si](C)(C)C)CC3(C)C(=CCC4C5(C)CCC(O[Si](C)(C)C)C(C)(C)C5CCC43C)C2C1. The Morgan fingerprint density at radius 3 is 1.85 bits per heavy atom. The summed E-state index contributed by atoms with van der Waals surface area (Å²) in [5.74, 6) is 1.51. The number of rotatable bonds is 6. The molecular weight excluding hydrogens is 617 g/mol. The van der Waals surface area contributed by atoms with Crippen molar-refractivity contribution in [2.45, 2.75) is 177 Å². The van der Waals surface area contributed by atoms with Crippen molar-refractivity contribution in [3.63, 3.8) is 0 Å². The van der Waals surface area contributed by atoms with Gasteiger partial charge in [0.2, 0.25) is 8.32 Å². The first-order chi connectivity index (χ1) is 20.6. The molecule has 0 aromatic rings. The van der Waals surface area contributed by atoms with Gasteiger partial charge in [0.05, 0.1) is 17.6 Å². The molecule has 9 unspecified atom stereocenters. The number of hydrogen-bond acceptors (Lipinski definition) is 4. The summed E-state index contributed by atoms with van der Waals surface area (Å²) in [6.07, 6.45) is 13.0. The third-order valence-corrected chi connectivity index (χ3v) is 17.1. The lowest BCUT2D eigenvalue weighted by molar-refractivity contribution is -0.215. The van der Waals surface area contributed by atoms with E-state index in [-0.39, 0.29) is 45.1 Å². The van der Waals surface area contributed by atoms with Crippen molar-refractivity contribution in [3.05, 3.63) is 11.6 Å². The molecule has 0 radical (unpaired) electrons. The van der Waals surface area contributed by atoms with Gasteiger partial charge in [-0.3, -0.25) is 4.79 Å². The maximum absolute atomic E-state index is 14.8. The van der Waals surface area contributed by atoms with Crippen LogP contribution in [-0.4, -0.2) is 43.1 Å². The summed E-state index contributed by atoms with van der Waals surface area (Å²) < 4.78 is 20.8. The molecular formula is C39H72O4Si3. The van der Waals surface area contributed by atoms with Crippen LogP contribution in [0.1, 0.15) is 106 Å². The zero-order valence-corrected chi connectivity index (χ0v) is 36.0. The maximum atomic E-state index is 14.8. The fourth-order valence-electron chi connectivity index (χ4n) is 12.2. The molecule has 0 bridgehead atoms.